The van der Waals surface area contributed by atoms with Crippen molar-refractivity contribution in [2.75, 3.05) is 6.54 Å². The Morgan fingerprint density at radius 3 is 2.39 bits per heavy atom. The molecule has 18 heavy (non-hydrogen) atoms. The van der Waals surface area contributed by atoms with Crippen LogP contribution in [-0.4, -0.2) is 29.6 Å². The highest BCUT2D eigenvalue weighted by Crippen LogP contribution is 2.19. The summed E-state index contributed by atoms with van der Waals surface area (Å²) in [4.78, 5) is 22.2. The number of nitrogens with one attached hydrogen (secondary N) is 1. The Balaban J connectivity index is 4.22. The third-order valence-corrected chi connectivity index (χ3v) is 2.96. The fourth-order valence-electron chi connectivity index (χ4n) is 2.07. The molecule has 5 nitrogen and oxygen atoms in total. The van der Waals surface area contributed by atoms with Crippen molar-refractivity contribution >= 4 is 11.9 Å². The Bertz CT molecular complexity index is 267. The van der Waals surface area contributed by atoms with Gasteiger partial charge < -0.3 is 16.2 Å². The molecule has 3 atom stereocenters. The van der Waals surface area contributed by atoms with E-state index in [1.54, 1.807) is 6.92 Å². The molecule has 0 bridgehead atoms. The number of carboxylic acid groups (broad SMARTS) is 1. The van der Waals surface area contributed by atoms with Crippen molar-refractivity contribution in [3.8, 4) is 0 Å². The van der Waals surface area contributed by atoms with Gasteiger partial charge in [-0.3, -0.25) is 9.59 Å². The van der Waals surface area contributed by atoms with Gasteiger partial charge >= 0.3 is 5.97 Å². The first-order valence-corrected chi connectivity index (χ1v) is 6.61. The van der Waals surface area contributed by atoms with Crippen LogP contribution in [0.2, 0.25) is 0 Å². The third kappa shape index (κ3) is 8.06. The van der Waals surface area contributed by atoms with Gasteiger partial charge in [-0.15, -0.1) is 0 Å². The van der Waals surface area contributed by atoms with Crippen molar-refractivity contribution in [3.05, 3.63) is 0 Å². The summed E-state index contributed by atoms with van der Waals surface area (Å²) in [6, 6.07) is -0.552. The third-order valence-electron chi connectivity index (χ3n) is 2.96. The highest BCUT2D eigenvalue weighted by molar-refractivity contribution is 5.81. The Morgan fingerprint density at radius 1 is 1.33 bits per heavy atom. The van der Waals surface area contributed by atoms with Crippen LogP contribution in [0.1, 0.15) is 46.5 Å². The molecule has 0 aromatic carbocycles. The molecule has 4 N–H and O–H groups in total. The number of hydrogen-bond donors (Lipinski definition) is 3. The molecule has 0 spiro atoms. The minimum Gasteiger partial charge on any atom is -0.481 e. The predicted molar refractivity (Wildman–Crippen MR) is 71.1 cm³/mol. The van der Waals surface area contributed by atoms with Gasteiger partial charge in [0.25, 0.3) is 0 Å². The van der Waals surface area contributed by atoms with Crippen molar-refractivity contribution in [2.45, 2.75) is 52.5 Å². The van der Waals surface area contributed by atoms with Crippen LogP contribution in [0.5, 0.6) is 0 Å². The maximum Gasteiger partial charge on any atom is 0.303 e. The zero-order chi connectivity index (χ0) is 14.1. The minimum atomic E-state index is -0.821. The summed E-state index contributed by atoms with van der Waals surface area (Å²) < 4.78 is 0. The molecule has 0 rings (SSSR count). The fourth-order valence-corrected chi connectivity index (χ4v) is 2.07. The van der Waals surface area contributed by atoms with Gasteiger partial charge in [0.2, 0.25) is 5.91 Å². The largest absolute Gasteiger partial charge is 0.481 e. The molecule has 106 valence electrons. The number of nitrogens with two attached hydrogens (primary N) is 1. The maximum atomic E-state index is 11.4. The van der Waals surface area contributed by atoms with E-state index in [2.05, 4.69) is 19.2 Å². The predicted octanol–water partition coefficient (Wildman–Crippen LogP) is 1.37. The topological polar surface area (TPSA) is 92.4 Å². The van der Waals surface area contributed by atoms with Crippen LogP contribution in [0, 0.1) is 11.8 Å². The van der Waals surface area contributed by atoms with E-state index in [0.717, 1.165) is 19.3 Å². The second-order valence-corrected chi connectivity index (χ2v) is 5.13. The fraction of sp³-hybridized carbons (Fsp3) is 0.846. The number of carboxylic acids is 1. The Hall–Kier alpha value is -1.10. The van der Waals surface area contributed by atoms with Crippen LogP contribution in [0.3, 0.4) is 0 Å². The molecular formula is C13H26N2O3. The summed E-state index contributed by atoms with van der Waals surface area (Å²) in [6.45, 7) is 6.23. The smallest absolute Gasteiger partial charge is 0.303 e. The summed E-state index contributed by atoms with van der Waals surface area (Å²) in [5, 5.41) is 11.6. The van der Waals surface area contributed by atoms with Gasteiger partial charge in [-0.25, -0.2) is 0 Å². The van der Waals surface area contributed by atoms with Crippen molar-refractivity contribution in [1.29, 1.82) is 0 Å². The van der Waals surface area contributed by atoms with E-state index < -0.39 is 12.0 Å². The Kier molecular flexibility index (Phi) is 8.37. The highest BCUT2D eigenvalue weighted by atomic mass is 16.4. The van der Waals surface area contributed by atoms with Crippen molar-refractivity contribution in [3.63, 3.8) is 0 Å². The van der Waals surface area contributed by atoms with E-state index in [9.17, 15) is 9.59 Å². The van der Waals surface area contributed by atoms with Gasteiger partial charge in [-0.1, -0.05) is 26.7 Å². The molecule has 0 fully saturated rings. The molecular weight excluding hydrogens is 232 g/mol. The molecule has 0 radical (unpaired) electrons. The number of carbonyl (C=O) groups excluding carboxylic acids is 1. The second-order valence-electron chi connectivity index (χ2n) is 5.13. The summed E-state index contributed by atoms with van der Waals surface area (Å²) >= 11 is 0. The quantitative estimate of drug-likeness (QED) is 0.582. The summed E-state index contributed by atoms with van der Waals surface area (Å²) in [6.07, 6.45) is 3.08. The summed E-state index contributed by atoms with van der Waals surface area (Å²) in [7, 11) is 0. The van der Waals surface area contributed by atoms with Crippen molar-refractivity contribution in [2.24, 2.45) is 17.6 Å². The Labute approximate surface area is 109 Å². The lowest BCUT2D eigenvalue weighted by Crippen LogP contribution is -2.41. The molecule has 0 aromatic rings. The zero-order valence-corrected chi connectivity index (χ0v) is 11.6. The van der Waals surface area contributed by atoms with E-state index in [-0.39, 0.29) is 18.2 Å². The van der Waals surface area contributed by atoms with Crippen molar-refractivity contribution in [1.82, 2.24) is 5.32 Å². The number of aliphatic carboxylic acids is 1. The first-order chi connectivity index (χ1) is 8.36. The molecule has 0 aromatic heterocycles. The molecule has 0 aliphatic carbocycles. The van der Waals surface area contributed by atoms with Gasteiger partial charge in [0, 0.05) is 13.0 Å². The molecule has 0 heterocycles. The van der Waals surface area contributed by atoms with Crippen LogP contribution >= 0.6 is 0 Å². The molecule has 0 saturated carbocycles. The SMILES string of the molecule is CCCC(C)CC(CNC(=O)C(C)N)CC(=O)O. The van der Waals surface area contributed by atoms with Crippen LogP contribution in [0.25, 0.3) is 0 Å². The van der Waals surface area contributed by atoms with Crippen LogP contribution in [0.15, 0.2) is 0 Å². The van der Waals surface area contributed by atoms with Crippen molar-refractivity contribution < 1.29 is 14.7 Å². The molecule has 0 aliphatic heterocycles. The van der Waals surface area contributed by atoms with Crippen LogP contribution < -0.4 is 11.1 Å². The number of rotatable bonds is 9. The second kappa shape index (κ2) is 8.91. The number of hydrogen-bond acceptors (Lipinski definition) is 3. The monoisotopic (exact) mass is 258 g/mol. The lowest BCUT2D eigenvalue weighted by Gasteiger charge is -2.20. The number of amides is 1. The molecule has 5 heteroatoms. The highest BCUT2D eigenvalue weighted by Gasteiger charge is 2.18. The van der Waals surface area contributed by atoms with Crippen LogP contribution in [-0.2, 0) is 9.59 Å². The van der Waals surface area contributed by atoms with Gasteiger partial charge in [-0.2, -0.15) is 0 Å². The van der Waals surface area contributed by atoms with Gasteiger partial charge in [0.1, 0.15) is 0 Å². The maximum absolute atomic E-state index is 11.4. The summed E-state index contributed by atoms with van der Waals surface area (Å²) in [5.41, 5.74) is 5.44. The first kappa shape index (κ1) is 16.9. The van der Waals surface area contributed by atoms with E-state index in [1.165, 1.54) is 0 Å². The molecule has 3 unspecified atom stereocenters. The Morgan fingerprint density at radius 2 is 1.94 bits per heavy atom. The minimum absolute atomic E-state index is 0.0215. The van der Waals surface area contributed by atoms with E-state index in [4.69, 9.17) is 10.8 Å². The van der Waals surface area contributed by atoms with Crippen LogP contribution in [0.4, 0.5) is 0 Å². The lowest BCUT2D eigenvalue weighted by atomic mass is 9.90. The van der Waals surface area contributed by atoms with Gasteiger partial charge in [0.15, 0.2) is 0 Å². The zero-order valence-electron chi connectivity index (χ0n) is 11.6. The lowest BCUT2D eigenvalue weighted by molar-refractivity contribution is -0.138. The average Bonchev–Trinajstić information content (AvgIpc) is 2.24. The summed E-state index contributed by atoms with van der Waals surface area (Å²) in [5.74, 6) is -0.592. The van der Waals surface area contributed by atoms with Gasteiger partial charge in [0.05, 0.1) is 6.04 Å². The van der Waals surface area contributed by atoms with E-state index >= 15 is 0 Å². The first-order valence-electron chi connectivity index (χ1n) is 6.61. The van der Waals surface area contributed by atoms with E-state index in [0.29, 0.717) is 12.5 Å². The van der Waals surface area contributed by atoms with Gasteiger partial charge in [-0.05, 0) is 25.2 Å². The van der Waals surface area contributed by atoms with E-state index in [1.807, 2.05) is 0 Å². The standard InChI is InChI=1S/C13H26N2O3/c1-4-5-9(2)6-11(7-12(16)17)8-15-13(18)10(3)14/h9-11H,4-8,14H2,1-3H3,(H,15,18)(H,16,17). The number of carbonyl (C=O) groups is 2. The average molecular weight is 258 g/mol. The molecule has 1 amide bonds. The normalized spacial score (nSPS) is 15.8. The molecule has 0 saturated heterocycles. The molecule has 0 aliphatic rings.